The molecule has 3 aromatic rings. The van der Waals surface area contributed by atoms with Crippen LogP contribution in [0.15, 0.2) is 53.6 Å². The predicted molar refractivity (Wildman–Crippen MR) is 96.9 cm³/mol. The number of hydrogen-bond donors (Lipinski definition) is 0. The average Bonchev–Trinajstić information content (AvgIpc) is 2.98. The van der Waals surface area contributed by atoms with Crippen molar-refractivity contribution in [3.63, 3.8) is 0 Å². The average molecular weight is 346 g/mol. The quantitative estimate of drug-likeness (QED) is 0.676. The van der Waals surface area contributed by atoms with Crippen LogP contribution >= 0.6 is 0 Å². The second-order valence-electron chi connectivity index (χ2n) is 7.00. The number of benzene rings is 1. The summed E-state index contributed by atoms with van der Waals surface area (Å²) in [4.78, 5) is 36.7. The summed E-state index contributed by atoms with van der Waals surface area (Å²) in [5.41, 5.74) is 1.37. The molecule has 26 heavy (non-hydrogen) atoms. The summed E-state index contributed by atoms with van der Waals surface area (Å²) < 4.78 is 1.78. The molecule has 2 aliphatic rings. The van der Waals surface area contributed by atoms with E-state index in [1.807, 2.05) is 29.2 Å². The number of nitrogens with zero attached hydrogens (tertiary/aromatic N) is 4. The number of rotatable bonds is 1. The van der Waals surface area contributed by atoms with Gasteiger partial charge in [-0.25, -0.2) is 4.98 Å². The maximum atomic E-state index is 13.1. The number of pyridine rings is 1. The normalized spacial score (nSPS) is 21.5. The smallest absolute Gasteiger partial charge is 0.261 e. The fraction of sp³-hybridized carbons (Fsp3) is 0.300. The SMILES string of the molecule is O=C(c1ccncc1)N1[C@H]2CC[C@H]1Cn1c(nc3ccccc3c1=O)C2. The molecule has 1 saturated heterocycles. The molecule has 0 radical (unpaired) electrons. The van der Waals surface area contributed by atoms with Gasteiger partial charge in [0.05, 0.1) is 16.9 Å². The van der Waals surface area contributed by atoms with Gasteiger partial charge in [0.2, 0.25) is 0 Å². The van der Waals surface area contributed by atoms with Crippen molar-refractivity contribution >= 4 is 16.8 Å². The number of carbonyl (C=O) groups excluding carboxylic acids is 1. The van der Waals surface area contributed by atoms with Crippen LogP contribution in [0.3, 0.4) is 0 Å². The highest BCUT2D eigenvalue weighted by Gasteiger charge is 2.40. The number of fused-ring (bicyclic) bond motifs is 4. The van der Waals surface area contributed by atoms with Crippen LogP contribution in [-0.2, 0) is 13.0 Å². The first-order valence-corrected chi connectivity index (χ1v) is 8.93. The van der Waals surface area contributed by atoms with Crippen LogP contribution in [-0.4, -0.2) is 37.4 Å². The third-order valence-corrected chi connectivity index (χ3v) is 5.53. The number of carbonyl (C=O) groups is 1. The Morgan fingerprint density at radius 3 is 2.65 bits per heavy atom. The van der Waals surface area contributed by atoms with Gasteiger partial charge in [-0.2, -0.15) is 0 Å². The Balaban J connectivity index is 1.59. The highest BCUT2D eigenvalue weighted by atomic mass is 16.2. The summed E-state index contributed by atoms with van der Waals surface area (Å²) in [6, 6.07) is 11.1. The third kappa shape index (κ3) is 2.25. The Labute approximate surface area is 150 Å². The van der Waals surface area contributed by atoms with Crippen LogP contribution in [0.1, 0.15) is 29.0 Å². The van der Waals surface area contributed by atoms with E-state index in [9.17, 15) is 9.59 Å². The molecular formula is C20H18N4O2. The first-order valence-electron chi connectivity index (χ1n) is 8.93. The minimum atomic E-state index is -0.00513. The lowest BCUT2D eigenvalue weighted by atomic mass is 10.1. The first kappa shape index (κ1) is 15.3. The van der Waals surface area contributed by atoms with Crippen molar-refractivity contribution < 1.29 is 4.79 Å². The summed E-state index contributed by atoms with van der Waals surface area (Å²) in [5, 5.41) is 0.640. The van der Waals surface area contributed by atoms with Crippen LogP contribution in [0.4, 0.5) is 0 Å². The van der Waals surface area contributed by atoms with Crippen molar-refractivity contribution in [1.82, 2.24) is 19.4 Å². The number of hydrogen-bond acceptors (Lipinski definition) is 4. The highest BCUT2D eigenvalue weighted by Crippen LogP contribution is 2.32. The third-order valence-electron chi connectivity index (χ3n) is 5.53. The second kappa shape index (κ2) is 5.76. The standard InChI is InChI=1S/C20H18N4O2/c25-19(13-7-9-21-10-8-13)24-14-5-6-15(24)12-23-18(11-14)22-17-4-2-1-3-16(17)20(23)26/h1-4,7-10,14-15H,5-6,11-12H2/t14-,15-/m0/s1. The van der Waals surface area contributed by atoms with Crippen LogP contribution < -0.4 is 5.56 Å². The molecule has 2 atom stereocenters. The van der Waals surface area contributed by atoms with Gasteiger partial charge in [0.25, 0.3) is 11.5 Å². The number of aromatic nitrogens is 3. The molecule has 1 fully saturated rings. The van der Waals surface area contributed by atoms with Gasteiger partial charge < -0.3 is 4.90 Å². The minimum absolute atomic E-state index is 0.00513. The molecular weight excluding hydrogens is 328 g/mol. The van der Waals surface area contributed by atoms with Crippen molar-refractivity contribution in [2.75, 3.05) is 0 Å². The Morgan fingerprint density at radius 2 is 1.81 bits per heavy atom. The maximum Gasteiger partial charge on any atom is 0.261 e. The zero-order valence-corrected chi connectivity index (χ0v) is 14.2. The molecule has 2 aliphatic heterocycles. The van der Waals surface area contributed by atoms with Gasteiger partial charge in [0.1, 0.15) is 5.82 Å². The molecule has 0 aliphatic carbocycles. The molecule has 130 valence electrons. The monoisotopic (exact) mass is 346 g/mol. The van der Waals surface area contributed by atoms with Gasteiger partial charge in [-0.05, 0) is 37.1 Å². The minimum Gasteiger partial charge on any atom is -0.330 e. The van der Waals surface area contributed by atoms with Crippen LogP contribution in [0.5, 0.6) is 0 Å². The van der Waals surface area contributed by atoms with E-state index in [1.165, 1.54) is 0 Å². The number of para-hydroxylation sites is 1. The lowest BCUT2D eigenvalue weighted by Gasteiger charge is -2.27. The van der Waals surface area contributed by atoms with Gasteiger partial charge in [-0.1, -0.05) is 12.1 Å². The molecule has 0 N–H and O–H groups in total. The summed E-state index contributed by atoms with van der Waals surface area (Å²) in [5.74, 6) is 0.804. The maximum absolute atomic E-state index is 13.1. The molecule has 0 saturated carbocycles. The second-order valence-corrected chi connectivity index (χ2v) is 7.00. The van der Waals surface area contributed by atoms with Crippen molar-refractivity contribution in [2.24, 2.45) is 0 Å². The zero-order valence-electron chi connectivity index (χ0n) is 14.2. The van der Waals surface area contributed by atoms with Crippen LogP contribution in [0.25, 0.3) is 10.9 Å². The Hall–Kier alpha value is -3.02. The largest absolute Gasteiger partial charge is 0.330 e. The van der Waals surface area contributed by atoms with E-state index in [0.717, 1.165) is 24.2 Å². The molecule has 6 heteroatoms. The van der Waals surface area contributed by atoms with Crippen molar-refractivity contribution in [3.8, 4) is 0 Å². The van der Waals surface area contributed by atoms with E-state index >= 15 is 0 Å². The molecule has 2 aromatic heterocycles. The highest BCUT2D eigenvalue weighted by molar-refractivity contribution is 5.94. The summed E-state index contributed by atoms with van der Waals surface area (Å²) >= 11 is 0. The van der Waals surface area contributed by atoms with Gasteiger partial charge in [-0.3, -0.25) is 19.1 Å². The van der Waals surface area contributed by atoms with E-state index in [0.29, 0.717) is 23.9 Å². The zero-order chi connectivity index (χ0) is 17.7. The first-order chi connectivity index (χ1) is 12.7. The molecule has 2 bridgehead atoms. The fourth-order valence-electron chi connectivity index (χ4n) is 4.30. The van der Waals surface area contributed by atoms with Crippen molar-refractivity contribution in [3.05, 3.63) is 70.5 Å². The fourth-order valence-corrected chi connectivity index (χ4v) is 4.30. The lowest BCUT2D eigenvalue weighted by molar-refractivity contribution is 0.0665. The molecule has 0 spiro atoms. The topological polar surface area (TPSA) is 68.1 Å². The van der Waals surface area contributed by atoms with Gasteiger partial charge in [-0.15, -0.1) is 0 Å². The van der Waals surface area contributed by atoms with E-state index in [1.54, 1.807) is 29.1 Å². The van der Waals surface area contributed by atoms with Gasteiger partial charge in [0.15, 0.2) is 0 Å². The molecule has 1 aromatic carbocycles. The Kier molecular flexibility index (Phi) is 3.38. The molecule has 1 amide bonds. The van der Waals surface area contributed by atoms with Crippen LogP contribution in [0, 0.1) is 0 Å². The van der Waals surface area contributed by atoms with Gasteiger partial charge in [0, 0.05) is 37.0 Å². The van der Waals surface area contributed by atoms with Crippen LogP contribution in [0.2, 0.25) is 0 Å². The molecule has 4 heterocycles. The van der Waals surface area contributed by atoms with Crippen molar-refractivity contribution in [2.45, 2.75) is 37.9 Å². The summed E-state index contributed by atoms with van der Waals surface area (Å²) in [6.07, 6.45) is 5.76. The Bertz CT molecular complexity index is 1060. The van der Waals surface area contributed by atoms with E-state index in [2.05, 4.69) is 4.98 Å². The summed E-state index contributed by atoms with van der Waals surface area (Å²) in [7, 11) is 0. The van der Waals surface area contributed by atoms with E-state index in [4.69, 9.17) is 4.98 Å². The van der Waals surface area contributed by atoms with Gasteiger partial charge >= 0.3 is 0 Å². The summed E-state index contributed by atoms with van der Waals surface area (Å²) in [6.45, 7) is 0.513. The molecule has 5 rings (SSSR count). The predicted octanol–water partition coefficient (Wildman–Crippen LogP) is 2.02. The van der Waals surface area contributed by atoms with E-state index in [-0.39, 0.29) is 23.6 Å². The van der Waals surface area contributed by atoms with Crippen molar-refractivity contribution in [1.29, 1.82) is 0 Å². The Morgan fingerprint density at radius 1 is 1.04 bits per heavy atom. The van der Waals surface area contributed by atoms with E-state index < -0.39 is 0 Å². The lowest BCUT2D eigenvalue weighted by Crippen LogP contribution is -2.42. The number of amides is 1. The molecule has 0 unspecified atom stereocenters. The molecule has 6 nitrogen and oxygen atoms in total.